The summed E-state index contributed by atoms with van der Waals surface area (Å²) in [5.41, 5.74) is 1.70. The van der Waals surface area contributed by atoms with E-state index in [2.05, 4.69) is 12.2 Å². The quantitative estimate of drug-likeness (QED) is 0.368. The van der Waals surface area contributed by atoms with Crippen LogP contribution in [0.3, 0.4) is 0 Å². The fraction of sp³-hybridized carbons (Fsp3) is 0.462. The maximum Gasteiger partial charge on any atom is 0.350 e. The van der Waals surface area contributed by atoms with Crippen molar-refractivity contribution >= 4 is 0 Å². The molecule has 0 aromatic rings. The first-order valence-corrected chi connectivity index (χ1v) is 10.9. The zero-order valence-corrected chi connectivity index (χ0v) is 20.0. The summed E-state index contributed by atoms with van der Waals surface area (Å²) in [5.74, 6) is 0. The predicted molar refractivity (Wildman–Crippen MR) is 125 cm³/mol. The molecule has 168 valence electrons. The van der Waals surface area contributed by atoms with Gasteiger partial charge in [0.1, 0.15) is 0 Å². The van der Waals surface area contributed by atoms with E-state index in [0.717, 1.165) is 22.3 Å². The van der Waals surface area contributed by atoms with E-state index in [9.17, 15) is 20.2 Å². The van der Waals surface area contributed by atoms with Crippen molar-refractivity contribution in [2.45, 2.75) is 55.4 Å². The summed E-state index contributed by atoms with van der Waals surface area (Å²) in [6.07, 6.45) is 11.9. The molecule has 0 N–H and O–H groups in total. The third-order valence-corrected chi connectivity index (χ3v) is 7.73. The topological polar surface area (TPSA) is 86.3 Å². The number of allylic oxidation sites excluding steroid dienone is 12. The molecule has 4 aliphatic carbocycles. The van der Waals surface area contributed by atoms with E-state index >= 15 is 0 Å². The van der Waals surface area contributed by atoms with Gasteiger partial charge in [-0.25, -0.2) is 0 Å². The lowest BCUT2D eigenvalue weighted by molar-refractivity contribution is -0.482. The average molecular weight is 435 g/mol. The highest BCUT2D eigenvalue weighted by Crippen LogP contribution is 2.68. The second kappa shape index (κ2) is 6.27. The van der Waals surface area contributed by atoms with Crippen molar-refractivity contribution in [2.75, 3.05) is 0 Å². The van der Waals surface area contributed by atoms with Crippen LogP contribution in [0.5, 0.6) is 0 Å². The van der Waals surface area contributed by atoms with Gasteiger partial charge in [-0.05, 0) is 59.1 Å². The third kappa shape index (κ3) is 2.64. The van der Waals surface area contributed by atoms with E-state index < -0.39 is 32.1 Å². The van der Waals surface area contributed by atoms with Crippen molar-refractivity contribution in [3.05, 3.63) is 102 Å². The van der Waals surface area contributed by atoms with Crippen molar-refractivity contribution in [3.63, 3.8) is 0 Å². The van der Waals surface area contributed by atoms with Gasteiger partial charge in [0.2, 0.25) is 0 Å². The summed E-state index contributed by atoms with van der Waals surface area (Å²) < 4.78 is 0. The Kier molecular flexibility index (Phi) is 4.35. The molecule has 0 spiro atoms. The van der Waals surface area contributed by atoms with Crippen LogP contribution in [0.2, 0.25) is 0 Å². The average Bonchev–Trinajstić information content (AvgIpc) is 2.63. The molecule has 0 bridgehead atoms. The Morgan fingerprint density at radius 3 is 1.22 bits per heavy atom. The smallest absolute Gasteiger partial charge is 0.258 e. The SMILES string of the molecule is CC(C)(C)C1=CC2=C([N+](=O)[O-])C([N+](=O)[O-])=C3C=C(C(C)(C)C)C=C4C=CC(=C1)[C@@]2(C)[C@]43C. The second-order valence-corrected chi connectivity index (χ2v) is 11.5. The van der Waals surface area contributed by atoms with Gasteiger partial charge >= 0.3 is 11.4 Å². The molecule has 2 atom stereocenters. The zero-order valence-electron chi connectivity index (χ0n) is 20.0. The van der Waals surface area contributed by atoms with Crippen molar-refractivity contribution < 1.29 is 9.85 Å². The van der Waals surface area contributed by atoms with E-state index in [4.69, 9.17) is 0 Å². The summed E-state index contributed by atoms with van der Waals surface area (Å²) in [5, 5.41) is 24.8. The van der Waals surface area contributed by atoms with Crippen LogP contribution in [0.25, 0.3) is 0 Å². The summed E-state index contributed by atoms with van der Waals surface area (Å²) in [4.78, 5) is 23.7. The summed E-state index contributed by atoms with van der Waals surface area (Å²) in [6, 6.07) is 0. The van der Waals surface area contributed by atoms with E-state index in [1.54, 1.807) is 0 Å². The minimum Gasteiger partial charge on any atom is -0.258 e. The first-order chi connectivity index (χ1) is 14.5. The molecule has 4 rings (SSSR count). The van der Waals surface area contributed by atoms with Crippen LogP contribution in [-0.2, 0) is 0 Å². The lowest BCUT2D eigenvalue weighted by atomic mass is 9.45. The fourth-order valence-electron chi connectivity index (χ4n) is 5.44. The van der Waals surface area contributed by atoms with Gasteiger partial charge < -0.3 is 0 Å². The van der Waals surface area contributed by atoms with Gasteiger partial charge in [0.15, 0.2) is 0 Å². The molecule has 0 fully saturated rings. The van der Waals surface area contributed by atoms with Crippen LogP contribution in [0.4, 0.5) is 0 Å². The number of nitro groups is 2. The van der Waals surface area contributed by atoms with Crippen LogP contribution in [0.1, 0.15) is 55.4 Å². The number of nitrogens with zero attached hydrogens (tertiary/aromatic N) is 2. The summed E-state index contributed by atoms with van der Waals surface area (Å²) in [6.45, 7) is 16.3. The van der Waals surface area contributed by atoms with Gasteiger partial charge in [0.05, 0.1) is 9.85 Å². The van der Waals surface area contributed by atoms with E-state index in [1.165, 1.54) is 0 Å². The molecule has 0 saturated heterocycles. The Labute approximate surface area is 188 Å². The molecule has 4 aliphatic rings. The monoisotopic (exact) mass is 434 g/mol. The molecular weight excluding hydrogens is 404 g/mol. The van der Waals surface area contributed by atoms with Crippen molar-refractivity contribution in [1.29, 1.82) is 0 Å². The standard InChI is InChI=1S/C26H30N2O4/c1-23(2,3)17-11-15-9-10-16-12-18(24(4,5)6)14-20-22(28(31)32)21(27(29)30)19(13-17)25(15,7)26(16,20)8/h9-14H,1-8H3/t25-,26-/m1/s1. The Morgan fingerprint density at radius 2 is 0.969 bits per heavy atom. The Hall–Kier alpha value is -3.02. The van der Waals surface area contributed by atoms with E-state index in [-0.39, 0.29) is 10.8 Å². The van der Waals surface area contributed by atoms with Gasteiger partial charge in [-0.2, -0.15) is 0 Å². The van der Waals surface area contributed by atoms with Gasteiger partial charge in [0, 0.05) is 22.0 Å². The van der Waals surface area contributed by atoms with Crippen LogP contribution in [0, 0.1) is 41.9 Å². The third-order valence-electron chi connectivity index (χ3n) is 7.73. The van der Waals surface area contributed by atoms with Crippen molar-refractivity contribution in [3.8, 4) is 0 Å². The number of hydrogen-bond donors (Lipinski definition) is 0. The van der Waals surface area contributed by atoms with Crippen molar-refractivity contribution in [2.24, 2.45) is 21.7 Å². The molecule has 0 aliphatic heterocycles. The lowest BCUT2D eigenvalue weighted by Gasteiger charge is -2.56. The number of hydrogen-bond acceptors (Lipinski definition) is 4. The molecule has 0 saturated carbocycles. The Bertz CT molecular complexity index is 1110. The molecule has 6 heteroatoms. The molecule has 0 unspecified atom stereocenters. The highest BCUT2D eigenvalue weighted by Gasteiger charge is 2.64. The highest BCUT2D eigenvalue weighted by atomic mass is 16.6. The molecule has 6 nitrogen and oxygen atoms in total. The normalized spacial score (nSPS) is 29.1. The summed E-state index contributed by atoms with van der Waals surface area (Å²) >= 11 is 0. The molecule has 0 amide bonds. The molecule has 0 heterocycles. The van der Waals surface area contributed by atoms with Crippen LogP contribution in [-0.4, -0.2) is 9.85 Å². The maximum atomic E-state index is 12.4. The van der Waals surface area contributed by atoms with Gasteiger partial charge in [0.25, 0.3) is 0 Å². The molecule has 0 aromatic heterocycles. The minimum atomic E-state index is -0.792. The predicted octanol–water partition coefficient (Wildman–Crippen LogP) is 6.47. The number of rotatable bonds is 2. The molecule has 32 heavy (non-hydrogen) atoms. The lowest BCUT2D eigenvalue weighted by Crippen LogP contribution is -2.50. The molecule has 0 aromatic carbocycles. The van der Waals surface area contributed by atoms with Gasteiger partial charge in [-0.3, -0.25) is 20.2 Å². The first-order valence-electron chi connectivity index (χ1n) is 10.9. The Morgan fingerprint density at radius 1 is 0.656 bits per heavy atom. The largest absolute Gasteiger partial charge is 0.350 e. The van der Waals surface area contributed by atoms with E-state index in [0.29, 0.717) is 11.1 Å². The van der Waals surface area contributed by atoms with E-state index in [1.807, 2.05) is 79.7 Å². The maximum absolute atomic E-state index is 12.4. The highest BCUT2D eigenvalue weighted by molar-refractivity contribution is 5.71. The van der Waals surface area contributed by atoms with Gasteiger partial charge in [-0.15, -0.1) is 0 Å². The Balaban J connectivity index is 2.25. The molecule has 0 radical (unpaired) electrons. The zero-order chi connectivity index (χ0) is 24.0. The second-order valence-electron chi connectivity index (χ2n) is 11.5. The summed E-state index contributed by atoms with van der Waals surface area (Å²) in [7, 11) is 0. The van der Waals surface area contributed by atoms with Crippen LogP contribution >= 0.6 is 0 Å². The van der Waals surface area contributed by atoms with Crippen LogP contribution in [0.15, 0.2) is 81.3 Å². The minimum absolute atomic E-state index is 0.265. The van der Waals surface area contributed by atoms with Crippen LogP contribution < -0.4 is 0 Å². The molecular formula is C26H30N2O4. The van der Waals surface area contributed by atoms with Crippen molar-refractivity contribution in [1.82, 2.24) is 0 Å². The fourth-order valence-corrected chi connectivity index (χ4v) is 5.44. The van der Waals surface area contributed by atoms with Gasteiger partial charge in [-0.1, -0.05) is 65.8 Å². The first kappa shape index (κ1) is 22.2.